The van der Waals surface area contributed by atoms with Gasteiger partial charge in [-0.1, -0.05) is 53.7 Å². The van der Waals surface area contributed by atoms with Gasteiger partial charge in [0.15, 0.2) is 0 Å². The number of piperidine rings is 1. The van der Waals surface area contributed by atoms with Gasteiger partial charge in [0.1, 0.15) is 0 Å². The highest BCUT2D eigenvalue weighted by atomic mass is 32.2. The second-order valence-electron chi connectivity index (χ2n) is 6.99. The third kappa shape index (κ3) is 3.31. The molecule has 0 atom stereocenters. The number of rotatable bonds is 3. The van der Waals surface area contributed by atoms with Crippen molar-refractivity contribution in [2.24, 2.45) is 5.92 Å². The number of benzene rings is 2. The van der Waals surface area contributed by atoms with Gasteiger partial charge in [-0.15, -0.1) is 0 Å². The van der Waals surface area contributed by atoms with Gasteiger partial charge in [0.2, 0.25) is 0 Å². The number of nitrogens with one attached hydrogen (secondary N) is 1. The molecule has 0 unspecified atom stereocenters. The molecule has 1 fully saturated rings. The van der Waals surface area contributed by atoms with Crippen LogP contribution in [0, 0.1) is 12.8 Å². The zero-order valence-electron chi connectivity index (χ0n) is 14.3. The first-order valence-electron chi connectivity index (χ1n) is 9.10. The van der Waals surface area contributed by atoms with E-state index >= 15 is 0 Å². The van der Waals surface area contributed by atoms with Gasteiger partial charge in [-0.3, -0.25) is 0 Å². The van der Waals surface area contributed by atoms with Crippen LogP contribution in [-0.4, -0.2) is 13.1 Å². The molecule has 1 saturated heterocycles. The van der Waals surface area contributed by atoms with Gasteiger partial charge in [0.05, 0.1) is 0 Å². The molecular formula is C22H25NS. The van der Waals surface area contributed by atoms with Crippen molar-refractivity contribution in [1.29, 1.82) is 0 Å². The highest BCUT2D eigenvalue weighted by Gasteiger charge is 2.20. The lowest BCUT2D eigenvalue weighted by Gasteiger charge is -2.24. The molecule has 2 aliphatic rings. The highest BCUT2D eigenvalue weighted by molar-refractivity contribution is 7.99. The van der Waals surface area contributed by atoms with Crippen LogP contribution in [0.5, 0.6) is 0 Å². The number of hydrogen-bond acceptors (Lipinski definition) is 2. The smallest absolute Gasteiger partial charge is 0.0201 e. The maximum Gasteiger partial charge on any atom is 0.0201 e. The highest BCUT2D eigenvalue weighted by Crippen LogP contribution is 2.45. The maximum atomic E-state index is 3.47. The van der Waals surface area contributed by atoms with Crippen LogP contribution in [0.1, 0.15) is 42.4 Å². The van der Waals surface area contributed by atoms with Gasteiger partial charge >= 0.3 is 0 Å². The summed E-state index contributed by atoms with van der Waals surface area (Å²) in [7, 11) is 0. The molecule has 0 aliphatic carbocycles. The van der Waals surface area contributed by atoms with Crippen LogP contribution in [0.25, 0.3) is 5.57 Å². The van der Waals surface area contributed by atoms with Crippen molar-refractivity contribution in [3.63, 3.8) is 0 Å². The van der Waals surface area contributed by atoms with E-state index in [2.05, 4.69) is 60.8 Å². The van der Waals surface area contributed by atoms with Gasteiger partial charge in [0, 0.05) is 9.79 Å². The number of fused-ring (bicyclic) bond motifs is 2. The summed E-state index contributed by atoms with van der Waals surface area (Å²) in [6, 6.07) is 15.7. The lowest BCUT2D eigenvalue weighted by atomic mass is 9.90. The van der Waals surface area contributed by atoms with E-state index in [1.165, 1.54) is 70.8 Å². The lowest BCUT2D eigenvalue weighted by molar-refractivity contribution is 0.356. The summed E-state index contributed by atoms with van der Waals surface area (Å²) < 4.78 is 0. The molecule has 0 aromatic heterocycles. The van der Waals surface area contributed by atoms with E-state index in [1.54, 1.807) is 0 Å². The Bertz CT molecular complexity index is 756. The Morgan fingerprint density at radius 3 is 2.71 bits per heavy atom. The first-order valence-corrected chi connectivity index (χ1v) is 9.92. The topological polar surface area (TPSA) is 12.0 Å². The van der Waals surface area contributed by atoms with E-state index in [-0.39, 0.29) is 0 Å². The Hall–Kier alpha value is -1.51. The van der Waals surface area contributed by atoms with E-state index < -0.39 is 0 Å². The average Bonchev–Trinajstić information content (AvgIpc) is 2.62. The van der Waals surface area contributed by atoms with Crippen LogP contribution in [0.3, 0.4) is 0 Å². The first-order chi connectivity index (χ1) is 11.8. The van der Waals surface area contributed by atoms with Crippen molar-refractivity contribution in [2.75, 3.05) is 13.1 Å². The molecule has 2 aliphatic heterocycles. The summed E-state index contributed by atoms with van der Waals surface area (Å²) in [6.07, 6.45) is 7.68. The number of hydrogen-bond donors (Lipinski definition) is 1. The molecule has 24 heavy (non-hydrogen) atoms. The van der Waals surface area contributed by atoms with Crippen LogP contribution in [0.15, 0.2) is 58.3 Å². The van der Waals surface area contributed by atoms with Gasteiger partial charge in [-0.05, 0) is 80.4 Å². The molecule has 1 N–H and O–H groups in total. The van der Waals surface area contributed by atoms with E-state index in [1.807, 2.05) is 11.8 Å². The molecule has 2 heterocycles. The molecule has 0 spiro atoms. The van der Waals surface area contributed by atoms with Crippen LogP contribution in [0.2, 0.25) is 0 Å². The summed E-state index contributed by atoms with van der Waals surface area (Å²) in [5.74, 6) is 0.897. The SMILES string of the molecule is Cc1ccc2c(c1)/C(=C/CCC1CCNCC1)c1ccccc1S2. The molecule has 124 valence electrons. The van der Waals surface area contributed by atoms with Gasteiger partial charge in [-0.2, -0.15) is 0 Å². The Morgan fingerprint density at radius 2 is 1.83 bits per heavy atom. The summed E-state index contributed by atoms with van der Waals surface area (Å²) in [6.45, 7) is 4.59. The van der Waals surface area contributed by atoms with Crippen molar-refractivity contribution in [1.82, 2.24) is 5.32 Å². The first kappa shape index (κ1) is 16.0. The fourth-order valence-corrected chi connectivity index (χ4v) is 4.93. The largest absolute Gasteiger partial charge is 0.317 e. The maximum absolute atomic E-state index is 3.47. The Morgan fingerprint density at radius 1 is 1.04 bits per heavy atom. The quantitative estimate of drug-likeness (QED) is 0.661. The zero-order valence-corrected chi connectivity index (χ0v) is 15.2. The summed E-state index contributed by atoms with van der Waals surface area (Å²) in [5.41, 5.74) is 5.62. The van der Waals surface area contributed by atoms with E-state index in [0.717, 1.165) is 5.92 Å². The van der Waals surface area contributed by atoms with Crippen LogP contribution >= 0.6 is 11.8 Å². The Labute approximate surface area is 149 Å². The second-order valence-corrected chi connectivity index (χ2v) is 8.07. The fraction of sp³-hybridized carbons (Fsp3) is 0.364. The van der Waals surface area contributed by atoms with E-state index in [0.29, 0.717) is 0 Å². The molecule has 2 aromatic rings. The molecule has 2 aromatic carbocycles. The summed E-state index contributed by atoms with van der Waals surface area (Å²) in [4.78, 5) is 2.79. The molecule has 0 amide bonds. The molecule has 1 nitrogen and oxygen atoms in total. The Kier molecular flexibility index (Phi) is 4.77. The number of allylic oxidation sites excluding steroid dienone is 1. The average molecular weight is 336 g/mol. The predicted molar refractivity (Wildman–Crippen MR) is 104 cm³/mol. The van der Waals surface area contributed by atoms with Crippen LogP contribution in [0.4, 0.5) is 0 Å². The molecule has 0 bridgehead atoms. The minimum atomic E-state index is 0.897. The van der Waals surface area contributed by atoms with Crippen LogP contribution < -0.4 is 5.32 Å². The minimum absolute atomic E-state index is 0.897. The lowest BCUT2D eigenvalue weighted by Crippen LogP contribution is -2.27. The standard InChI is InChI=1S/C22H25NS/c1-16-9-10-22-20(15-16)18(19-6-2-3-8-21(19)24-22)7-4-5-17-11-13-23-14-12-17/h2-3,6-10,15,17,23H,4-5,11-14H2,1H3/b18-7+. The van der Waals surface area contributed by atoms with Crippen molar-refractivity contribution < 1.29 is 0 Å². The number of aryl methyl sites for hydroxylation is 1. The molecule has 0 saturated carbocycles. The summed E-state index contributed by atoms with van der Waals surface area (Å²) in [5, 5.41) is 3.47. The normalized spacial score (nSPS) is 19.1. The minimum Gasteiger partial charge on any atom is -0.317 e. The van der Waals surface area contributed by atoms with Crippen molar-refractivity contribution in [3.05, 3.63) is 65.2 Å². The summed E-state index contributed by atoms with van der Waals surface area (Å²) >= 11 is 1.91. The Balaban J connectivity index is 1.63. The fourth-order valence-electron chi connectivity index (χ4n) is 3.84. The molecular weight excluding hydrogens is 310 g/mol. The van der Waals surface area contributed by atoms with E-state index in [9.17, 15) is 0 Å². The van der Waals surface area contributed by atoms with Gasteiger partial charge < -0.3 is 5.32 Å². The van der Waals surface area contributed by atoms with Crippen molar-refractivity contribution in [3.8, 4) is 0 Å². The third-order valence-corrected chi connectivity index (χ3v) is 6.36. The van der Waals surface area contributed by atoms with Gasteiger partial charge in [-0.25, -0.2) is 0 Å². The van der Waals surface area contributed by atoms with Crippen LogP contribution in [-0.2, 0) is 0 Å². The molecule has 4 rings (SSSR count). The predicted octanol–water partition coefficient (Wildman–Crippen LogP) is 5.67. The zero-order chi connectivity index (χ0) is 16.4. The molecule has 2 heteroatoms. The van der Waals surface area contributed by atoms with Crippen molar-refractivity contribution >= 4 is 17.3 Å². The molecule has 0 radical (unpaired) electrons. The van der Waals surface area contributed by atoms with Crippen molar-refractivity contribution in [2.45, 2.75) is 42.4 Å². The van der Waals surface area contributed by atoms with Gasteiger partial charge in [0.25, 0.3) is 0 Å². The second kappa shape index (κ2) is 7.16. The monoisotopic (exact) mass is 335 g/mol. The van der Waals surface area contributed by atoms with E-state index in [4.69, 9.17) is 0 Å². The third-order valence-electron chi connectivity index (χ3n) is 5.20.